The van der Waals surface area contributed by atoms with E-state index in [0.717, 1.165) is 0 Å². The summed E-state index contributed by atoms with van der Waals surface area (Å²) in [6.45, 7) is 3.66. The van der Waals surface area contributed by atoms with E-state index < -0.39 is 10.1 Å². The summed E-state index contributed by atoms with van der Waals surface area (Å²) >= 11 is 1.41. The quantitative estimate of drug-likeness (QED) is 0.224. The van der Waals surface area contributed by atoms with E-state index in [9.17, 15) is 8.42 Å². The van der Waals surface area contributed by atoms with Crippen LogP contribution < -0.4 is 0 Å². The van der Waals surface area contributed by atoms with E-state index in [-0.39, 0.29) is 5.75 Å². The van der Waals surface area contributed by atoms with Crippen LogP contribution in [0.15, 0.2) is 0 Å². The molecule has 0 aromatic heterocycles. The SMILES string of the molecule is CCCCCCCCCCCCCCC[CH2][Na].CCS(=O)(=O)O. The van der Waals surface area contributed by atoms with Gasteiger partial charge in [0.1, 0.15) is 0 Å². The van der Waals surface area contributed by atoms with Crippen molar-refractivity contribution >= 4 is 38.0 Å². The molecular formula is C18H39NaO3S. The Morgan fingerprint density at radius 2 is 0.913 bits per heavy atom. The monoisotopic (exact) mass is 358 g/mol. The summed E-state index contributed by atoms with van der Waals surface area (Å²) in [6.07, 6.45) is 20.7. The van der Waals surface area contributed by atoms with Crippen LogP contribution >= 0.6 is 0 Å². The standard InChI is InChI=1S/C16H33.C2H6O3S.Na/c1-3-5-7-9-11-13-15-16-14-12-10-8-6-4-2;1-2-6(3,4)5;/h1,3-16H2,2H3;2H2,1H3,(H,3,4,5);. The molecule has 0 aromatic rings. The molecule has 0 rings (SSSR count). The van der Waals surface area contributed by atoms with Crippen molar-refractivity contribution in [2.24, 2.45) is 0 Å². The van der Waals surface area contributed by atoms with Gasteiger partial charge >= 0.3 is 102 Å². The molecule has 0 unspecified atom stereocenters. The maximum absolute atomic E-state index is 9.56. The van der Waals surface area contributed by atoms with Gasteiger partial charge in [0.15, 0.2) is 0 Å². The second-order valence-corrected chi connectivity index (χ2v) is 9.21. The molecule has 0 saturated carbocycles. The van der Waals surface area contributed by atoms with Crippen LogP contribution in [0.25, 0.3) is 0 Å². The second kappa shape index (κ2) is 21.0. The summed E-state index contributed by atoms with van der Waals surface area (Å²) in [5.41, 5.74) is 0. The Hall–Kier alpha value is 0.910. The molecule has 0 amide bonds. The van der Waals surface area contributed by atoms with Gasteiger partial charge in [-0.1, -0.05) is 26.2 Å². The van der Waals surface area contributed by atoms with Gasteiger partial charge in [-0.3, -0.25) is 4.55 Å². The van der Waals surface area contributed by atoms with E-state index in [4.69, 9.17) is 4.55 Å². The first-order valence-corrected chi connectivity index (χ1v) is 12.9. The Morgan fingerprint density at radius 1 is 0.652 bits per heavy atom. The van der Waals surface area contributed by atoms with Crippen LogP contribution in [0.2, 0.25) is 3.67 Å². The first kappa shape index (κ1) is 26.1. The van der Waals surface area contributed by atoms with Crippen molar-refractivity contribution in [3.8, 4) is 0 Å². The molecule has 0 spiro atoms. The van der Waals surface area contributed by atoms with Gasteiger partial charge in [-0.15, -0.1) is 0 Å². The molecule has 136 valence electrons. The first-order chi connectivity index (χ1) is 11.0. The zero-order valence-electron chi connectivity index (χ0n) is 16.0. The van der Waals surface area contributed by atoms with E-state index in [1.165, 1.54) is 128 Å². The average molecular weight is 359 g/mol. The molecule has 0 aliphatic rings. The van der Waals surface area contributed by atoms with Crippen LogP contribution in [0, 0.1) is 0 Å². The van der Waals surface area contributed by atoms with Gasteiger partial charge in [0.25, 0.3) is 10.1 Å². The fourth-order valence-corrected chi connectivity index (χ4v) is 2.94. The van der Waals surface area contributed by atoms with Crippen molar-refractivity contribution in [2.45, 2.75) is 107 Å². The van der Waals surface area contributed by atoms with E-state index >= 15 is 0 Å². The summed E-state index contributed by atoms with van der Waals surface area (Å²) in [5.74, 6) is -0.201. The van der Waals surface area contributed by atoms with E-state index in [1.807, 2.05) is 0 Å². The van der Waals surface area contributed by atoms with Crippen LogP contribution in [0.4, 0.5) is 0 Å². The maximum atomic E-state index is 9.56. The summed E-state index contributed by atoms with van der Waals surface area (Å²) in [6, 6.07) is 0. The Bertz CT molecular complexity index is 291. The molecule has 0 bridgehead atoms. The Kier molecular flexibility index (Phi) is 23.8. The van der Waals surface area contributed by atoms with Crippen LogP contribution in [-0.4, -0.2) is 46.7 Å². The average Bonchev–Trinajstić information content (AvgIpc) is 2.52. The molecule has 0 aliphatic heterocycles. The normalized spacial score (nSPS) is 11.2. The summed E-state index contributed by atoms with van der Waals surface area (Å²) in [7, 11) is -3.66. The Balaban J connectivity index is 0. The third-order valence-electron chi connectivity index (χ3n) is 4.07. The smallest absolute Gasteiger partial charge is 0.264 e. The molecule has 0 aliphatic carbocycles. The Labute approximate surface area is 163 Å². The fourth-order valence-electron chi connectivity index (χ4n) is 2.44. The minimum atomic E-state index is -3.66. The minimum absolute atomic E-state index is 0.201. The van der Waals surface area contributed by atoms with Crippen molar-refractivity contribution in [1.29, 1.82) is 0 Å². The van der Waals surface area contributed by atoms with Crippen molar-refractivity contribution in [3.63, 3.8) is 0 Å². The number of hydrogen-bond donors (Lipinski definition) is 1. The first-order valence-electron chi connectivity index (χ1n) is 9.93. The molecule has 0 fully saturated rings. The van der Waals surface area contributed by atoms with Gasteiger partial charge in [0, 0.05) is 0 Å². The van der Waals surface area contributed by atoms with Gasteiger partial charge in [0.05, 0.1) is 5.75 Å². The molecule has 23 heavy (non-hydrogen) atoms. The van der Waals surface area contributed by atoms with Crippen molar-refractivity contribution in [3.05, 3.63) is 0 Å². The zero-order valence-corrected chi connectivity index (χ0v) is 18.8. The molecule has 3 nitrogen and oxygen atoms in total. The zero-order chi connectivity index (χ0) is 17.8. The molecule has 0 aromatic carbocycles. The molecule has 1 N–H and O–H groups in total. The van der Waals surface area contributed by atoms with Gasteiger partial charge in [0.2, 0.25) is 0 Å². The molecule has 0 heterocycles. The maximum Gasteiger partial charge on any atom is 0.264 e. The fraction of sp³-hybridized carbons (Fsp3) is 1.00. The van der Waals surface area contributed by atoms with E-state index in [1.54, 1.807) is 0 Å². The predicted molar refractivity (Wildman–Crippen MR) is 103 cm³/mol. The number of rotatable bonds is 15. The largest absolute Gasteiger partial charge is 0.286 e. The molecule has 5 heteroatoms. The van der Waals surface area contributed by atoms with Gasteiger partial charge in [-0.25, -0.2) is 0 Å². The minimum Gasteiger partial charge on any atom is -0.286 e. The van der Waals surface area contributed by atoms with Crippen molar-refractivity contribution in [1.82, 2.24) is 0 Å². The predicted octanol–water partition coefficient (Wildman–Crippen LogP) is 5.95. The van der Waals surface area contributed by atoms with Crippen LogP contribution in [0.5, 0.6) is 0 Å². The topological polar surface area (TPSA) is 54.4 Å². The molecule has 0 atom stereocenters. The van der Waals surface area contributed by atoms with E-state index in [2.05, 4.69) is 6.92 Å². The molecule has 0 radical (unpaired) electrons. The van der Waals surface area contributed by atoms with Gasteiger partial charge < -0.3 is 0 Å². The van der Waals surface area contributed by atoms with Crippen LogP contribution in [0.3, 0.4) is 0 Å². The number of hydrogen-bond acceptors (Lipinski definition) is 2. The summed E-state index contributed by atoms with van der Waals surface area (Å²) in [5, 5.41) is 0. The van der Waals surface area contributed by atoms with E-state index in [0.29, 0.717) is 0 Å². The van der Waals surface area contributed by atoms with Crippen molar-refractivity contribution in [2.75, 3.05) is 5.75 Å². The van der Waals surface area contributed by atoms with Gasteiger partial charge in [-0.2, -0.15) is 8.42 Å². The molecular weight excluding hydrogens is 319 g/mol. The Morgan fingerprint density at radius 3 is 1.13 bits per heavy atom. The summed E-state index contributed by atoms with van der Waals surface area (Å²) < 4.78 is 28.4. The molecule has 0 saturated heterocycles. The van der Waals surface area contributed by atoms with Crippen molar-refractivity contribution < 1.29 is 13.0 Å². The third kappa shape index (κ3) is 31.2. The van der Waals surface area contributed by atoms with Crippen LogP contribution in [0.1, 0.15) is 104 Å². The second-order valence-electron chi connectivity index (χ2n) is 6.47. The van der Waals surface area contributed by atoms with Gasteiger partial charge in [-0.05, 0) is 6.92 Å². The summed E-state index contributed by atoms with van der Waals surface area (Å²) in [4.78, 5) is 0. The van der Waals surface area contributed by atoms with Crippen LogP contribution in [-0.2, 0) is 10.1 Å². The third-order valence-corrected chi connectivity index (χ3v) is 5.51. The number of unbranched alkanes of at least 4 members (excludes halogenated alkanes) is 13.